The van der Waals surface area contributed by atoms with Gasteiger partial charge in [0.15, 0.2) is 5.16 Å². The molecular weight excluding hydrogens is 466 g/mol. The second-order valence-electron chi connectivity index (χ2n) is 8.93. The van der Waals surface area contributed by atoms with Crippen molar-refractivity contribution in [2.24, 2.45) is 0 Å². The molecule has 4 aromatic rings. The summed E-state index contributed by atoms with van der Waals surface area (Å²) in [7, 11) is 0. The molecule has 1 aliphatic heterocycles. The smallest absolute Gasteiger partial charge is 0.267 e. The Morgan fingerprint density at radius 3 is 2.68 bits per heavy atom. The van der Waals surface area contributed by atoms with E-state index in [1.165, 1.54) is 23.1 Å². The molecule has 6 nitrogen and oxygen atoms in total. The van der Waals surface area contributed by atoms with Crippen molar-refractivity contribution in [2.45, 2.75) is 44.6 Å². The third-order valence-corrected chi connectivity index (χ3v) is 7.86. The van der Waals surface area contributed by atoms with E-state index >= 15 is 0 Å². The van der Waals surface area contributed by atoms with Crippen LogP contribution < -0.4 is 10.9 Å². The Kier molecular flexibility index (Phi) is 6.06. The first-order valence-corrected chi connectivity index (χ1v) is 12.9. The van der Waals surface area contributed by atoms with Crippen LogP contribution in [0.25, 0.3) is 15.9 Å². The van der Waals surface area contributed by atoms with E-state index in [2.05, 4.69) is 5.32 Å². The molecule has 1 aliphatic rings. The average molecular weight is 492 g/mol. The number of hydrogen-bond donors (Lipinski definition) is 1. The molecule has 3 heterocycles. The molecule has 5 rings (SSSR count). The third-order valence-electron chi connectivity index (χ3n) is 5.82. The molecule has 1 amide bonds. The van der Waals surface area contributed by atoms with Gasteiger partial charge in [0.1, 0.15) is 4.83 Å². The second kappa shape index (κ2) is 9.02. The highest BCUT2D eigenvalue weighted by Crippen LogP contribution is 2.38. The first kappa shape index (κ1) is 22.8. The van der Waals surface area contributed by atoms with Gasteiger partial charge < -0.3 is 10.1 Å². The summed E-state index contributed by atoms with van der Waals surface area (Å²) in [5, 5.41) is 4.07. The van der Waals surface area contributed by atoms with Crippen molar-refractivity contribution in [1.82, 2.24) is 9.55 Å². The molecule has 0 aliphatic carbocycles. The van der Waals surface area contributed by atoms with Gasteiger partial charge in [-0.05, 0) is 50.1 Å². The Hall–Kier alpha value is -2.94. The van der Waals surface area contributed by atoms with E-state index in [1.54, 1.807) is 4.57 Å². The number of rotatable bonds is 5. The summed E-state index contributed by atoms with van der Waals surface area (Å²) < 4.78 is 7.64. The Bertz CT molecular complexity index is 1440. The number of aryl methyl sites for hydroxylation is 1. The second-order valence-corrected chi connectivity index (χ2v) is 11.0. The number of para-hydroxylation sites is 2. The fourth-order valence-corrected chi connectivity index (χ4v) is 6.10. The van der Waals surface area contributed by atoms with Gasteiger partial charge in [-0.1, -0.05) is 48.2 Å². The van der Waals surface area contributed by atoms with Gasteiger partial charge >= 0.3 is 0 Å². The molecular formula is C26H25N3O3S2. The van der Waals surface area contributed by atoms with E-state index in [0.29, 0.717) is 28.4 Å². The van der Waals surface area contributed by atoms with E-state index in [-0.39, 0.29) is 22.8 Å². The van der Waals surface area contributed by atoms with Crippen molar-refractivity contribution < 1.29 is 9.53 Å². The number of ether oxygens (including phenoxy) is 1. The van der Waals surface area contributed by atoms with Crippen LogP contribution in [0, 0.1) is 6.92 Å². The highest BCUT2D eigenvalue weighted by Gasteiger charge is 2.31. The molecule has 0 saturated carbocycles. The zero-order chi connectivity index (χ0) is 23.9. The molecule has 0 spiro atoms. The summed E-state index contributed by atoms with van der Waals surface area (Å²) in [4.78, 5) is 33.2. The van der Waals surface area contributed by atoms with E-state index in [1.807, 2.05) is 75.4 Å². The van der Waals surface area contributed by atoms with Crippen LogP contribution in [0.2, 0.25) is 0 Å². The standard InChI is InChI=1S/C26H25N3O3S2/c1-16-9-7-8-12-19(16)29-24(31)22-18-13-26(2,3)32-14-20(18)34-23(22)28-25(29)33-15-21(30)27-17-10-5-4-6-11-17/h4-12H,13-15H2,1-3H3,(H,27,30). The predicted octanol–water partition coefficient (Wildman–Crippen LogP) is 5.34. The van der Waals surface area contributed by atoms with E-state index in [0.717, 1.165) is 27.4 Å². The van der Waals surface area contributed by atoms with Crippen LogP contribution in [0.4, 0.5) is 5.69 Å². The normalized spacial score (nSPS) is 14.7. The highest BCUT2D eigenvalue weighted by atomic mass is 32.2. The van der Waals surface area contributed by atoms with E-state index in [9.17, 15) is 9.59 Å². The fourth-order valence-electron chi connectivity index (χ4n) is 4.15. The summed E-state index contributed by atoms with van der Waals surface area (Å²) in [5.41, 5.74) is 3.09. The van der Waals surface area contributed by atoms with Gasteiger partial charge in [-0.25, -0.2) is 4.98 Å². The Morgan fingerprint density at radius 2 is 1.91 bits per heavy atom. The molecule has 2 aromatic carbocycles. The fraction of sp³-hybridized carbons (Fsp3) is 0.269. The van der Waals surface area contributed by atoms with Gasteiger partial charge in [-0.2, -0.15) is 0 Å². The van der Waals surface area contributed by atoms with Gasteiger partial charge in [0.2, 0.25) is 5.91 Å². The molecule has 0 bridgehead atoms. The Morgan fingerprint density at radius 1 is 1.18 bits per heavy atom. The minimum atomic E-state index is -0.329. The van der Waals surface area contributed by atoms with Crippen LogP contribution in [-0.2, 0) is 22.6 Å². The molecule has 1 N–H and O–H groups in total. The first-order valence-electron chi connectivity index (χ1n) is 11.1. The van der Waals surface area contributed by atoms with Crippen LogP contribution in [0.15, 0.2) is 64.5 Å². The number of nitrogens with one attached hydrogen (secondary N) is 1. The van der Waals surface area contributed by atoms with Crippen LogP contribution in [0.5, 0.6) is 0 Å². The van der Waals surface area contributed by atoms with Crippen molar-refractivity contribution >= 4 is 44.9 Å². The number of benzene rings is 2. The number of hydrogen-bond acceptors (Lipinski definition) is 6. The number of fused-ring (bicyclic) bond motifs is 3. The zero-order valence-corrected chi connectivity index (χ0v) is 20.9. The first-order chi connectivity index (χ1) is 16.3. The molecule has 2 aromatic heterocycles. The highest BCUT2D eigenvalue weighted by molar-refractivity contribution is 7.99. The lowest BCUT2D eigenvalue weighted by Crippen LogP contribution is -2.32. The average Bonchev–Trinajstić information content (AvgIpc) is 3.16. The molecule has 0 radical (unpaired) electrons. The maximum absolute atomic E-state index is 14.0. The molecule has 8 heteroatoms. The summed E-state index contributed by atoms with van der Waals surface area (Å²) in [6.07, 6.45) is 0.666. The molecule has 0 unspecified atom stereocenters. The van der Waals surface area contributed by atoms with Gasteiger partial charge in [-0.3, -0.25) is 14.2 Å². The Balaban J connectivity index is 1.58. The van der Waals surface area contributed by atoms with Gasteiger partial charge in [0, 0.05) is 17.0 Å². The van der Waals surface area contributed by atoms with Crippen LogP contribution >= 0.6 is 23.1 Å². The topological polar surface area (TPSA) is 73.2 Å². The minimum Gasteiger partial charge on any atom is -0.370 e. The molecule has 0 saturated heterocycles. The van der Waals surface area contributed by atoms with Crippen LogP contribution in [0.3, 0.4) is 0 Å². The number of carbonyl (C=O) groups excluding carboxylic acids is 1. The van der Waals surface area contributed by atoms with Gasteiger partial charge in [-0.15, -0.1) is 11.3 Å². The largest absolute Gasteiger partial charge is 0.370 e. The van der Waals surface area contributed by atoms with Crippen molar-refractivity contribution in [3.05, 3.63) is 81.0 Å². The molecule has 0 atom stereocenters. The van der Waals surface area contributed by atoms with Gasteiger partial charge in [0.05, 0.1) is 29.0 Å². The van der Waals surface area contributed by atoms with Crippen molar-refractivity contribution in [1.29, 1.82) is 0 Å². The molecule has 0 fully saturated rings. The summed E-state index contributed by atoms with van der Waals surface area (Å²) in [6.45, 7) is 6.54. The monoisotopic (exact) mass is 491 g/mol. The van der Waals surface area contributed by atoms with Crippen molar-refractivity contribution in [3.8, 4) is 5.69 Å². The number of carbonyl (C=O) groups is 1. The van der Waals surface area contributed by atoms with Crippen molar-refractivity contribution in [2.75, 3.05) is 11.1 Å². The number of anilines is 1. The Labute approximate surface area is 206 Å². The maximum atomic E-state index is 14.0. The maximum Gasteiger partial charge on any atom is 0.267 e. The number of thiophene rings is 1. The van der Waals surface area contributed by atoms with Crippen molar-refractivity contribution in [3.63, 3.8) is 0 Å². The van der Waals surface area contributed by atoms with Gasteiger partial charge in [0.25, 0.3) is 5.56 Å². The summed E-state index contributed by atoms with van der Waals surface area (Å²) in [5.74, 6) is -0.0116. The van der Waals surface area contributed by atoms with E-state index < -0.39 is 0 Å². The number of amides is 1. The van der Waals surface area contributed by atoms with E-state index in [4.69, 9.17) is 9.72 Å². The lowest BCUT2D eigenvalue weighted by Gasteiger charge is -2.30. The summed E-state index contributed by atoms with van der Waals surface area (Å²) >= 11 is 2.78. The number of aromatic nitrogens is 2. The lowest BCUT2D eigenvalue weighted by molar-refractivity contribution is -0.113. The molecule has 34 heavy (non-hydrogen) atoms. The quantitative estimate of drug-likeness (QED) is 0.301. The SMILES string of the molecule is Cc1ccccc1-n1c(SCC(=O)Nc2ccccc2)nc2sc3c(c2c1=O)CC(C)(C)OC3. The molecule has 174 valence electrons. The number of thioether (sulfide) groups is 1. The number of nitrogens with zero attached hydrogens (tertiary/aromatic N) is 2. The zero-order valence-electron chi connectivity index (χ0n) is 19.3. The van der Waals surface area contributed by atoms with Crippen LogP contribution in [0.1, 0.15) is 29.9 Å². The predicted molar refractivity (Wildman–Crippen MR) is 138 cm³/mol. The third kappa shape index (κ3) is 4.41. The summed E-state index contributed by atoms with van der Waals surface area (Å²) in [6, 6.07) is 17.1. The lowest BCUT2D eigenvalue weighted by atomic mass is 9.94. The minimum absolute atomic E-state index is 0.0968. The van der Waals surface area contributed by atoms with Crippen LogP contribution in [-0.4, -0.2) is 26.8 Å².